The molecule has 2 aromatic rings. The monoisotopic (exact) mass is 411 g/mol. The number of nitro groups is 1. The molecule has 0 aliphatic carbocycles. The summed E-state index contributed by atoms with van der Waals surface area (Å²) in [5.74, 6) is 0.143. The van der Waals surface area contributed by atoms with Crippen LogP contribution in [0.5, 0.6) is 11.5 Å². The summed E-state index contributed by atoms with van der Waals surface area (Å²) in [4.78, 5) is 26.1. The largest absolute Gasteiger partial charge is 0.486 e. The van der Waals surface area contributed by atoms with Crippen LogP contribution in [-0.4, -0.2) is 47.6 Å². The van der Waals surface area contributed by atoms with E-state index in [2.05, 4.69) is 42.3 Å². The fraction of sp³-hybridized carbons (Fsp3) is 0.409. The first-order chi connectivity index (χ1) is 14.3. The fourth-order valence-electron chi connectivity index (χ4n) is 3.93. The number of ether oxygens (including phenoxy) is 2. The molecule has 1 N–H and O–H groups in total. The quantitative estimate of drug-likeness (QED) is 0.601. The highest BCUT2D eigenvalue weighted by Gasteiger charge is 2.32. The summed E-state index contributed by atoms with van der Waals surface area (Å²) in [6.07, 6.45) is 0.960. The summed E-state index contributed by atoms with van der Waals surface area (Å²) in [5, 5.41) is 14.4. The van der Waals surface area contributed by atoms with Crippen molar-refractivity contribution in [3.63, 3.8) is 0 Å². The van der Waals surface area contributed by atoms with E-state index in [1.54, 1.807) is 0 Å². The van der Waals surface area contributed by atoms with E-state index in [9.17, 15) is 14.9 Å². The Morgan fingerprint density at radius 2 is 1.83 bits per heavy atom. The molecular weight excluding hydrogens is 386 g/mol. The number of nitro benzene ring substituents is 1. The van der Waals surface area contributed by atoms with Crippen molar-refractivity contribution in [2.45, 2.75) is 32.4 Å². The summed E-state index contributed by atoms with van der Waals surface area (Å²) < 4.78 is 10.9. The Balaban J connectivity index is 1.48. The van der Waals surface area contributed by atoms with E-state index in [0.717, 1.165) is 19.5 Å². The van der Waals surface area contributed by atoms with Gasteiger partial charge < -0.3 is 14.8 Å². The molecule has 0 saturated heterocycles. The van der Waals surface area contributed by atoms with Crippen molar-refractivity contribution in [1.82, 2.24) is 10.2 Å². The van der Waals surface area contributed by atoms with Crippen LogP contribution in [0.2, 0.25) is 0 Å². The van der Waals surface area contributed by atoms with Crippen molar-refractivity contribution in [3.8, 4) is 11.5 Å². The molecule has 0 aromatic heterocycles. The number of fused-ring (bicyclic) bond motifs is 2. The Kier molecular flexibility index (Phi) is 5.34. The van der Waals surface area contributed by atoms with E-state index in [0.29, 0.717) is 25.5 Å². The minimum Gasteiger partial charge on any atom is -0.486 e. The first-order valence-electron chi connectivity index (χ1n) is 10.0. The molecule has 0 spiro atoms. The van der Waals surface area contributed by atoms with Gasteiger partial charge in [-0.2, -0.15) is 0 Å². The molecular formula is C22H25N3O5. The van der Waals surface area contributed by atoms with Crippen LogP contribution in [-0.2, 0) is 13.0 Å². The number of nitrogens with one attached hydrogen (secondary N) is 1. The van der Waals surface area contributed by atoms with Crippen LogP contribution in [0, 0.1) is 10.1 Å². The van der Waals surface area contributed by atoms with Crippen LogP contribution >= 0.6 is 0 Å². The van der Waals surface area contributed by atoms with Gasteiger partial charge >= 0.3 is 0 Å². The second kappa shape index (κ2) is 7.95. The number of carbonyl (C=O) groups excluding carboxylic acids is 1. The van der Waals surface area contributed by atoms with Crippen molar-refractivity contribution in [2.24, 2.45) is 0 Å². The maximum Gasteiger partial charge on any atom is 0.286 e. The standard InChI is InChI=1S/C22H25N3O5/c1-22(2,24-8-7-15-5-3-4-6-16(15)13-24)14-23-21(26)17-11-19-20(30-10-9-29-19)12-18(17)25(27)28/h3-6,11-12H,7-10,13-14H2,1-2H3,(H,23,26). The molecule has 0 radical (unpaired) electrons. The van der Waals surface area contributed by atoms with E-state index >= 15 is 0 Å². The van der Waals surface area contributed by atoms with E-state index in [1.807, 2.05) is 6.07 Å². The third kappa shape index (κ3) is 3.95. The van der Waals surface area contributed by atoms with Gasteiger partial charge in [0.2, 0.25) is 0 Å². The fourth-order valence-corrected chi connectivity index (χ4v) is 3.93. The number of hydrogen-bond acceptors (Lipinski definition) is 6. The third-order valence-electron chi connectivity index (χ3n) is 5.77. The molecule has 0 saturated carbocycles. The molecule has 8 nitrogen and oxygen atoms in total. The Morgan fingerprint density at radius 3 is 2.53 bits per heavy atom. The Labute approximate surface area is 174 Å². The first kappa shape index (κ1) is 20.2. The Hall–Kier alpha value is -3.13. The van der Waals surface area contributed by atoms with Gasteiger partial charge in [0.15, 0.2) is 11.5 Å². The number of hydrogen-bond donors (Lipinski definition) is 1. The van der Waals surface area contributed by atoms with Gasteiger partial charge in [0.25, 0.3) is 11.6 Å². The summed E-state index contributed by atoms with van der Waals surface area (Å²) in [5.41, 5.74) is 2.03. The van der Waals surface area contributed by atoms with E-state index < -0.39 is 10.8 Å². The lowest BCUT2D eigenvalue weighted by Gasteiger charge is -2.41. The van der Waals surface area contributed by atoms with Crippen molar-refractivity contribution >= 4 is 11.6 Å². The Bertz CT molecular complexity index is 989. The lowest BCUT2D eigenvalue weighted by Crippen LogP contribution is -2.53. The highest BCUT2D eigenvalue weighted by Crippen LogP contribution is 2.36. The van der Waals surface area contributed by atoms with Crippen LogP contribution in [0.4, 0.5) is 5.69 Å². The van der Waals surface area contributed by atoms with Crippen molar-refractivity contribution in [2.75, 3.05) is 26.3 Å². The van der Waals surface area contributed by atoms with Crippen molar-refractivity contribution < 1.29 is 19.2 Å². The summed E-state index contributed by atoms with van der Waals surface area (Å²) >= 11 is 0. The molecule has 2 aliphatic heterocycles. The van der Waals surface area contributed by atoms with Crippen molar-refractivity contribution in [1.29, 1.82) is 0 Å². The number of nitrogens with zero attached hydrogens (tertiary/aromatic N) is 2. The number of benzene rings is 2. The van der Waals surface area contributed by atoms with Gasteiger partial charge in [0.05, 0.1) is 11.0 Å². The summed E-state index contributed by atoms with van der Waals surface area (Å²) in [6.45, 7) is 6.87. The lowest BCUT2D eigenvalue weighted by atomic mass is 9.94. The Morgan fingerprint density at radius 1 is 1.17 bits per heavy atom. The molecule has 4 rings (SSSR count). The predicted molar refractivity (Wildman–Crippen MR) is 111 cm³/mol. The van der Waals surface area contributed by atoms with Gasteiger partial charge in [-0.25, -0.2) is 0 Å². The van der Waals surface area contributed by atoms with Gasteiger partial charge in [-0.1, -0.05) is 24.3 Å². The van der Waals surface area contributed by atoms with Gasteiger partial charge in [-0.05, 0) is 31.4 Å². The summed E-state index contributed by atoms with van der Waals surface area (Å²) in [7, 11) is 0. The molecule has 0 atom stereocenters. The smallest absolute Gasteiger partial charge is 0.286 e. The average Bonchev–Trinajstić information content (AvgIpc) is 2.76. The molecule has 2 aliphatic rings. The molecule has 2 aromatic carbocycles. The molecule has 2 heterocycles. The van der Waals surface area contributed by atoms with Gasteiger partial charge in [-0.15, -0.1) is 0 Å². The van der Waals surface area contributed by atoms with Gasteiger partial charge in [0.1, 0.15) is 18.8 Å². The second-order valence-electron chi connectivity index (χ2n) is 8.21. The molecule has 0 fully saturated rings. The molecule has 158 valence electrons. The van der Waals surface area contributed by atoms with E-state index in [-0.39, 0.29) is 22.5 Å². The zero-order chi connectivity index (χ0) is 21.3. The number of carbonyl (C=O) groups is 1. The van der Waals surface area contributed by atoms with Crippen molar-refractivity contribution in [3.05, 3.63) is 63.2 Å². The van der Waals surface area contributed by atoms with Crippen LogP contribution in [0.1, 0.15) is 35.3 Å². The van der Waals surface area contributed by atoms with E-state index in [1.165, 1.54) is 23.3 Å². The topological polar surface area (TPSA) is 93.9 Å². The minimum atomic E-state index is -0.570. The van der Waals surface area contributed by atoms with Crippen LogP contribution in [0.15, 0.2) is 36.4 Å². The molecule has 1 amide bonds. The highest BCUT2D eigenvalue weighted by atomic mass is 16.6. The molecule has 30 heavy (non-hydrogen) atoms. The van der Waals surface area contributed by atoms with Gasteiger partial charge in [0, 0.05) is 31.2 Å². The van der Waals surface area contributed by atoms with E-state index in [4.69, 9.17) is 9.47 Å². The molecule has 0 unspecified atom stereocenters. The average molecular weight is 411 g/mol. The minimum absolute atomic E-state index is 0.0240. The predicted octanol–water partition coefficient (Wildman–Crippen LogP) is 2.93. The lowest BCUT2D eigenvalue weighted by molar-refractivity contribution is -0.385. The van der Waals surface area contributed by atoms with Gasteiger partial charge in [-0.3, -0.25) is 19.8 Å². The molecule has 8 heteroatoms. The zero-order valence-electron chi connectivity index (χ0n) is 17.1. The summed E-state index contributed by atoms with van der Waals surface area (Å²) in [6, 6.07) is 11.0. The third-order valence-corrected chi connectivity index (χ3v) is 5.77. The number of amides is 1. The maximum absolute atomic E-state index is 12.9. The maximum atomic E-state index is 12.9. The second-order valence-corrected chi connectivity index (χ2v) is 8.21. The molecule has 0 bridgehead atoms. The number of rotatable bonds is 5. The highest BCUT2D eigenvalue weighted by molar-refractivity contribution is 5.99. The first-order valence-corrected chi connectivity index (χ1v) is 10.0. The normalized spacial score (nSPS) is 15.9. The van der Waals surface area contributed by atoms with Crippen LogP contribution in [0.25, 0.3) is 0 Å². The van der Waals surface area contributed by atoms with Crippen LogP contribution < -0.4 is 14.8 Å². The zero-order valence-corrected chi connectivity index (χ0v) is 17.1. The van der Waals surface area contributed by atoms with Crippen LogP contribution in [0.3, 0.4) is 0 Å². The SMILES string of the molecule is CC(C)(CNC(=O)c1cc2c(cc1[N+](=O)[O-])OCCO2)N1CCc2ccccc2C1.